The Labute approximate surface area is 181 Å². The first-order chi connectivity index (χ1) is 13.9. The molecule has 0 spiro atoms. The van der Waals surface area contributed by atoms with Crippen LogP contribution in [-0.2, 0) is 9.59 Å². The van der Waals surface area contributed by atoms with Crippen molar-refractivity contribution in [2.45, 2.75) is 56.1 Å². The van der Waals surface area contributed by atoms with Crippen molar-refractivity contribution in [3.63, 3.8) is 0 Å². The maximum absolute atomic E-state index is 12.6. The van der Waals surface area contributed by atoms with Gasteiger partial charge in [-0.2, -0.15) is 0 Å². The molecule has 1 atom stereocenters. The summed E-state index contributed by atoms with van der Waals surface area (Å²) in [5, 5.41) is 6.32. The standard InChI is InChI=1S/C23H27ClN2O2S/c1-15-20(24)12-7-13-21(15)26-22(27)16(2)29-19-11-6-10-18(14-19)25-23(28)17-8-4-3-5-9-17/h6-7,10-14,16-17H,3-5,8-9H2,1-2H3,(H,25,28)(H,26,27). The van der Waals surface area contributed by atoms with Crippen molar-refractivity contribution in [2.24, 2.45) is 5.92 Å². The highest BCUT2D eigenvalue weighted by molar-refractivity contribution is 8.00. The number of nitrogens with one attached hydrogen (secondary N) is 2. The minimum Gasteiger partial charge on any atom is -0.326 e. The van der Waals surface area contributed by atoms with Crippen LogP contribution in [0.25, 0.3) is 0 Å². The molecule has 0 aromatic heterocycles. The summed E-state index contributed by atoms with van der Waals surface area (Å²) in [6, 6.07) is 13.2. The predicted molar refractivity (Wildman–Crippen MR) is 122 cm³/mol. The molecular formula is C23H27ClN2O2S. The lowest BCUT2D eigenvalue weighted by atomic mass is 9.88. The Morgan fingerprint density at radius 1 is 1.07 bits per heavy atom. The molecule has 1 aliphatic rings. The maximum atomic E-state index is 12.6. The maximum Gasteiger partial charge on any atom is 0.237 e. The number of benzene rings is 2. The van der Waals surface area contributed by atoms with Crippen LogP contribution >= 0.6 is 23.4 Å². The molecule has 2 N–H and O–H groups in total. The van der Waals surface area contributed by atoms with Gasteiger partial charge in [-0.1, -0.05) is 43.0 Å². The van der Waals surface area contributed by atoms with E-state index in [0.29, 0.717) is 5.02 Å². The van der Waals surface area contributed by atoms with Gasteiger partial charge in [0.1, 0.15) is 0 Å². The third kappa shape index (κ3) is 6.00. The molecule has 0 saturated heterocycles. The van der Waals surface area contributed by atoms with Crippen molar-refractivity contribution in [1.29, 1.82) is 0 Å². The van der Waals surface area contributed by atoms with E-state index in [1.807, 2.05) is 50.2 Å². The number of halogens is 1. The Morgan fingerprint density at radius 2 is 1.79 bits per heavy atom. The van der Waals surface area contributed by atoms with Crippen LogP contribution < -0.4 is 10.6 Å². The monoisotopic (exact) mass is 430 g/mol. The third-order valence-corrected chi connectivity index (χ3v) is 6.79. The van der Waals surface area contributed by atoms with Gasteiger partial charge in [0.15, 0.2) is 0 Å². The van der Waals surface area contributed by atoms with Gasteiger partial charge < -0.3 is 10.6 Å². The lowest BCUT2D eigenvalue weighted by Crippen LogP contribution is -2.24. The average molecular weight is 431 g/mol. The molecule has 0 bridgehead atoms. The molecule has 0 aliphatic heterocycles. The van der Waals surface area contributed by atoms with E-state index in [9.17, 15) is 9.59 Å². The largest absolute Gasteiger partial charge is 0.326 e. The molecule has 2 aromatic rings. The summed E-state index contributed by atoms with van der Waals surface area (Å²) in [6.07, 6.45) is 5.44. The van der Waals surface area contributed by atoms with E-state index in [1.54, 1.807) is 6.07 Å². The Kier molecular flexibility index (Phi) is 7.62. The van der Waals surface area contributed by atoms with Gasteiger partial charge in [-0.05, 0) is 62.6 Å². The molecule has 2 amide bonds. The van der Waals surface area contributed by atoms with Gasteiger partial charge in [0, 0.05) is 27.2 Å². The van der Waals surface area contributed by atoms with Crippen molar-refractivity contribution in [3.8, 4) is 0 Å². The van der Waals surface area contributed by atoms with E-state index in [0.717, 1.165) is 47.5 Å². The van der Waals surface area contributed by atoms with Gasteiger partial charge >= 0.3 is 0 Å². The lowest BCUT2D eigenvalue weighted by Gasteiger charge is -2.21. The fraction of sp³-hybridized carbons (Fsp3) is 0.391. The fourth-order valence-corrected chi connectivity index (χ4v) is 4.59. The molecule has 154 valence electrons. The SMILES string of the molecule is Cc1c(Cl)cccc1NC(=O)C(C)Sc1cccc(NC(=O)C2CCCCC2)c1. The highest BCUT2D eigenvalue weighted by Crippen LogP contribution is 2.29. The van der Waals surface area contributed by atoms with Crippen molar-refractivity contribution < 1.29 is 9.59 Å². The van der Waals surface area contributed by atoms with Crippen LogP contribution in [0.2, 0.25) is 5.02 Å². The normalized spacial score (nSPS) is 15.6. The first-order valence-corrected chi connectivity index (χ1v) is 11.3. The second-order valence-corrected chi connectivity index (χ2v) is 9.34. The number of rotatable bonds is 6. The van der Waals surface area contributed by atoms with Crippen LogP contribution in [0, 0.1) is 12.8 Å². The zero-order chi connectivity index (χ0) is 20.8. The Morgan fingerprint density at radius 3 is 2.55 bits per heavy atom. The van der Waals surface area contributed by atoms with E-state index in [4.69, 9.17) is 11.6 Å². The predicted octanol–water partition coefficient (Wildman–Crippen LogP) is 6.29. The Bertz CT molecular complexity index is 881. The van der Waals surface area contributed by atoms with E-state index in [1.165, 1.54) is 18.2 Å². The van der Waals surface area contributed by atoms with Gasteiger partial charge in [-0.15, -0.1) is 11.8 Å². The second-order valence-electron chi connectivity index (χ2n) is 7.51. The van der Waals surface area contributed by atoms with Gasteiger partial charge in [-0.3, -0.25) is 9.59 Å². The van der Waals surface area contributed by atoms with E-state index >= 15 is 0 Å². The molecule has 1 aliphatic carbocycles. The van der Waals surface area contributed by atoms with Gasteiger partial charge in [-0.25, -0.2) is 0 Å². The Balaban J connectivity index is 1.59. The minimum absolute atomic E-state index is 0.0861. The summed E-state index contributed by atoms with van der Waals surface area (Å²) < 4.78 is 0. The number of hydrogen-bond acceptors (Lipinski definition) is 3. The molecule has 1 saturated carbocycles. The van der Waals surface area contributed by atoms with E-state index < -0.39 is 0 Å². The first-order valence-electron chi connectivity index (χ1n) is 10.1. The molecule has 2 aromatic carbocycles. The van der Waals surface area contributed by atoms with Crippen molar-refractivity contribution in [1.82, 2.24) is 0 Å². The second kappa shape index (κ2) is 10.2. The number of carbonyl (C=O) groups is 2. The number of thioether (sulfide) groups is 1. The number of anilines is 2. The first kappa shape index (κ1) is 21.7. The smallest absolute Gasteiger partial charge is 0.237 e. The van der Waals surface area contributed by atoms with E-state index in [-0.39, 0.29) is 23.0 Å². The molecule has 1 fully saturated rings. The van der Waals surface area contributed by atoms with Gasteiger partial charge in [0.25, 0.3) is 0 Å². The quantitative estimate of drug-likeness (QED) is 0.529. The van der Waals surface area contributed by atoms with E-state index in [2.05, 4.69) is 10.6 Å². The van der Waals surface area contributed by atoms with Crippen LogP contribution in [0.3, 0.4) is 0 Å². The summed E-state index contributed by atoms with van der Waals surface area (Å²) in [4.78, 5) is 26.0. The van der Waals surface area contributed by atoms with Crippen LogP contribution in [0.4, 0.5) is 11.4 Å². The fourth-order valence-electron chi connectivity index (χ4n) is 3.49. The topological polar surface area (TPSA) is 58.2 Å². The number of amides is 2. The molecule has 1 unspecified atom stereocenters. The van der Waals surface area contributed by atoms with Crippen molar-refractivity contribution >= 4 is 46.6 Å². The summed E-state index contributed by atoms with van der Waals surface area (Å²) in [7, 11) is 0. The summed E-state index contributed by atoms with van der Waals surface area (Å²) in [6.45, 7) is 3.75. The summed E-state index contributed by atoms with van der Waals surface area (Å²) >= 11 is 7.59. The molecular weight excluding hydrogens is 404 g/mol. The summed E-state index contributed by atoms with van der Waals surface area (Å²) in [5.41, 5.74) is 2.36. The number of hydrogen-bond donors (Lipinski definition) is 2. The third-order valence-electron chi connectivity index (χ3n) is 5.29. The minimum atomic E-state index is -0.294. The molecule has 4 nitrogen and oxygen atoms in total. The molecule has 6 heteroatoms. The van der Waals surface area contributed by atoms with Gasteiger partial charge in [0.2, 0.25) is 11.8 Å². The highest BCUT2D eigenvalue weighted by atomic mass is 35.5. The summed E-state index contributed by atoms with van der Waals surface area (Å²) in [5.74, 6) is 0.136. The van der Waals surface area contributed by atoms with Crippen LogP contribution in [0.1, 0.15) is 44.6 Å². The molecule has 29 heavy (non-hydrogen) atoms. The van der Waals surface area contributed by atoms with Crippen molar-refractivity contribution in [3.05, 3.63) is 53.1 Å². The molecule has 0 radical (unpaired) electrons. The highest BCUT2D eigenvalue weighted by Gasteiger charge is 2.21. The number of carbonyl (C=O) groups excluding carboxylic acids is 2. The van der Waals surface area contributed by atoms with Crippen LogP contribution in [-0.4, -0.2) is 17.1 Å². The average Bonchev–Trinajstić information content (AvgIpc) is 2.72. The lowest BCUT2D eigenvalue weighted by molar-refractivity contribution is -0.120. The molecule has 3 rings (SSSR count). The molecule has 0 heterocycles. The van der Waals surface area contributed by atoms with Crippen LogP contribution in [0.5, 0.6) is 0 Å². The van der Waals surface area contributed by atoms with Crippen molar-refractivity contribution in [2.75, 3.05) is 10.6 Å². The Hall–Kier alpha value is -1.98. The van der Waals surface area contributed by atoms with Gasteiger partial charge in [0.05, 0.1) is 5.25 Å². The zero-order valence-electron chi connectivity index (χ0n) is 16.8. The van der Waals surface area contributed by atoms with Crippen LogP contribution in [0.15, 0.2) is 47.4 Å². The zero-order valence-corrected chi connectivity index (χ0v) is 18.4.